The quantitative estimate of drug-likeness (QED) is 0.408. The highest BCUT2D eigenvalue weighted by atomic mass is 19.4. The van der Waals surface area contributed by atoms with E-state index in [0.717, 1.165) is 34.1 Å². The van der Waals surface area contributed by atoms with Crippen LogP contribution in [-0.4, -0.2) is 20.2 Å². The molecule has 5 aromatic rings. The normalized spacial score (nSPS) is 12.1. The zero-order chi connectivity index (χ0) is 19.3. The second-order valence-electron chi connectivity index (χ2n) is 6.51. The van der Waals surface area contributed by atoms with E-state index in [-0.39, 0.29) is 0 Å². The van der Waals surface area contributed by atoms with Gasteiger partial charge in [-0.15, -0.1) is 0 Å². The Morgan fingerprint density at radius 3 is 2.46 bits per heavy atom. The summed E-state index contributed by atoms with van der Waals surface area (Å²) in [6.07, 6.45) is -4.37. The SMILES string of the molecule is FC(F)(F)c1cccc(-c2ccc3nc(-c4n[nH]c5ccccc45)[nH]c3c2)c1. The van der Waals surface area contributed by atoms with Crippen molar-refractivity contribution in [3.8, 4) is 22.6 Å². The summed E-state index contributed by atoms with van der Waals surface area (Å²) in [5, 5.41) is 8.25. The van der Waals surface area contributed by atoms with Gasteiger partial charge in [0, 0.05) is 5.39 Å². The standard InChI is InChI=1S/C21H13F3N4/c22-21(23,24)14-5-3-4-12(10-14)13-8-9-17-18(11-13)26-20(25-17)19-15-6-1-2-7-16(15)27-28-19/h1-11H,(H,25,26)(H,27,28). The number of benzene rings is 3. The van der Waals surface area contributed by atoms with E-state index in [1.54, 1.807) is 24.3 Å². The molecule has 0 spiro atoms. The molecule has 138 valence electrons. The molecule has 0 radical (unpaired) electrons. The van der Waals surface area contributed by atoms with Crippen LogP contribution >= 0.6 is 0 Å². The molecule has 2 aromatic heterocycles. The summed E-state index contributed by atoms with van der Waals surface area (Å²) >= 11 is 0. The third-order valence-corrected chi connectivity index (χ3v) is 4.70. The highest BCUT2D eigenvalue weighted by Crippen LogP contribution is 2.33. The molecular weight excluding hydrogens is 365 g/mol. The molecule has 0 amide bonds. The molecule has 0 atom stereocenters. The first-order chi connectivity index (χ1) is 13.5. The first kappa shape index (κ1) is 16.6. The van der Waals surface area contributed by atoms with Gasteiger partial charge in [0.05, 0.1) is 22.1 Å². The summed E-state index contributed by atoms with van der Waals surface area (Å²) in [6, 6.07) is 18.4. The molecule has 0 bridgehead atoms. The van der Waals surface area contributed by atoms with Crippen LogP contribution in [0, 0.1) is 0 Å². The monoisotopic (exact) mass is 378 g/mol. The second-order valence-corrected chi connectivity index (χ2v) is 6.51. The van der Waals surface area contributed by atoms with Crippen molar-refractivity contribution in [1.82, 2.24) is 20.2 Å². The van der Waals surface area contributed by atoms with Crippen molar-refractivity contribution in [3.05, 3.63) is 72.3 Å². The Hall–Kier alpha value is -3.61. The molecule has 0 saturated heterocycles. The van der Waals surface area contributed by atoms with Gasteiger partial charge in [-0.1, -0.05) is 36.4 Å². The maximum absolute atomic E-state index is 13.0. The molecular formula is C21H13F3N4. The summed E-state index contributed by atoms with van der Waals surface area (Å²) < 4.78 is 39.0. The predicted octanol–water partition coefficient (Wildman–Crippen LogP) is 5.79. The van der Waals surface area contributed by atoms with Crippen LogP contribution in [0.15, 0.2) is 66.7 Å². The van der Waals surface area contributed by atoms with Crippen LogP contribution in [0.5, 0.6) is 0 Å². The Bertz CT molecular complexity index is 1310. The van der Waals surface area contributed by atoms with E-state index in [0.29, 0.717) is 22.6 Å². The fraction of sp³-hybridized carbons (Fsp3) is 0.0476. The van der Waals surface area contributed by atoms with Crippen molar-refractivity contribution in [2.24, 2.45) is 0 Å². The molecule has 0 fully saturated rings. The summed E-state index contributed by atoms with van der Waals surface area (Å²) in [6.45, 7) is 0. The minimum Gasteiger partial charge on any atom is -0.337 e. The Morgan fingerprint density at radius 2 is 1.61 bits per heavy atom. The molecule has 0 aliphatic carbocycles. The Balaban J connectivity index is 1.60. The van der Waals surface area contributed by atoms with Gasteiger partial charge in [-0.2, -0.15) is 18.3 Å². The summed E-state index contributed by atoms with van der Waals surface area (Å²) in [7, 11) is 0. The van der Waals surface area contributed by atoms with Crippen molar-refractivity contribution in [3.63, 3.8) is 0 Å². The van der Waals surface area contributed by atoms with Crippen molar-refractivity contribution in [1.29, 1.82) is 0 Å². The average Bonchev–Trinajstić information content (AvgIpc) is 3.30. The maximum atomic E-state index is 13.0. The van der Waals surface area contributed by atoms with Crippen LogP contribution < -0.4 is 0 Å². The molecule has 7 heteroatoms. The zero-order valence-corrected chi connectivity index (χ0v) is 14.4. The molecule has 0 saturated carbocycles. The topological polar surface area (TPSA) is 57.4 Å². The molecule has 0 unspecified atom stereocenters. The summed E-state index contributed by atoms with van der Waals surface area (Å²) in [4.78, 5) is 7.81. The lowest BCUT2D eigenvalue weighted by Crippen LogP contribution is -2.04. The number of para-hydroxylation sites is 1. The van der Waals surface area contributed by atoms with Gasteiger partial charge >= 0.3 is 6.18 Å². The number of hydrogen-bond acceptors (Lipinski definition) is 2. The van der Waals surface area contributed by atoms with E-state index in [2.05, 4.69) is 20.2 Å². The predicted molar refractivity (Wildman–Crippen MR) is 102 cm³/mol. The summed E-state index contributed by atoms with van der Waals surface area (Å²) in [5.41, 5.74) is 3.57. The molecule has 2 heterocycles. The first-order valence-corrected chi connectivity index (χ1v) is 8.60. The maximum Gasteiger partial charge on any atom is 0.416 e. The molecule has 4 nitrogen and oxygen atoms in total. The Morgan fingerprint density at radius 1 is 0.786 bits per heavy atom. The number of nitrogens with one attached hydrogen (secondary N) is 2. The van der Waals surface area contributed by atoms with Crippen molar-refractivity contribution in [2.75, 3.05) is 0 Å². The van der Waals surface area contributed by atoms with Crippen LogP contribution in [0.3, 0.4) is 0 Å². The van der Waals surface area contributed by atoms with E-state index in [4.69, 9.17) is 0 Å². The zero-order valence-electron chi connectivity index (χ0n) is 14.4. The van der Waals surface area contributed by atoms with Crippen LogP contribution in [0.2, 0.25) is 0 Å². The van der Waals surface area contributed by atoms with E-state index in [1.165, 1.54) is 6.07 Å². The van der Waals surface area contributed by atoms with Gasteiger partial charge in [0.25, 0.3) is 0 Å². The number of alkyl halides is 3. The fourth-order valence-corrected chi connectivity index (χ4v) is 3.32. The lowest BCUT2D eigenvalue weighted by Gasteiger charge is -2.08. The number of imidazole rings is 1. The largest absolute Gasteiger partial charge is 0.416 e. The minimum absolute atomic E-state index is 0.498. The lowest BCUT2D eigenvalue weighted by molar-refractivity contribution is -0.137. The summed E-state index contributed by atoms with van der Waals surface area (Å²) in [5.74, 6) is 0.605. The molecule has 0 aliphatic rings. The van der Waals surface area contributed by atoms with Crippen molar-refractivity contribution < 1.29 is 13.2 Å². The van der Waals surface area contributed by atoms with Gasteiger partial charge < -0.3 is 4.98 Å². The number of halogens is 3. The molecule has 28 heavy (non-hydrogen) atoms. The highest BCUT2D eigenvalue weighted by Gasteiger charge is 2.30. The van der Waals surface area contributed by atoms with Crippen LogP contribution in [0.25, 0.3) is 44.6 Å². The third kappa shape index (κ3) is 2.72. The number of fused-ring (bicyclic) bond motifs is 2. The van der Waals surface area contributed by atoms with Gasteiger partial charge in [0.2, 0.25) is 0 Å². The second kappa shape index (κ2) is 5.95. The van der Waals surface area contributed by atoms with E-state index < -0.39 is 11.7 Å². The fourth-order valence-electron chi connectivity index (χ4n) is 3.32. The number of hydrogen-bond donors (Lipinski definition) is 2. The van der Waals surface area contributed by atoms with Gasteiger partial charge in [0.1, 0.15) is 5.69 Å². The van der Waals surface area contributed by atoms with E-state index in [9.17, 15) is 13.2 Å². The van der Waals surface area contributed by atoms with Gasteiger partial charge in [-0.3, -0.25) is 5.10 Å². The Kier molecular flexibility index (Phi) is 3.52. The van der Waals surface area contributed by atoms with E-state index in [1.807, 2.05) is 24.3 Å². The van der Waals surface area contributed by atoms with Crippen LogP contribution in [0.1, 0.15) is 5.56 Å². The van der Waals surface area contributed by atoms with Gasteiger partial charge in [-0.05, 0) is 41.5 Å². The lowest BCUT2D eigenvalue weighted by atomic mass is 10.0. The van der Waals surface area contributed by atoms with Gasteiger partial charge in [-0.25, -0.2) is 4.98 Å². The molecule has 5 rings (SSSR count). The number of H-pyrrole nitrogens is 2. The van der Waals surface area contributed by atoms with Crippen LogP contribution in [0.4, 0.5) is 13.2 Å². The number of rotatable bonds is 2. The highest BCUT2D eigenvalue weighted by molar-refractivity contribution is 5.93. The average molecular weight is 378 g/mol. The number of nitrogens with zero attached hydrogens (tertiary/aromatic N) is 2. The number of aromatic amines is 2. The third-order valence-electron chi connectivity index (χ3n) is 4.70. The molecule has 3 aromatic carbocycles. The smallest absolute Gasteiger partial charge is 0.337 e. The Labute approximate surface area is 157 Å². The molecule has 0 aliphatic heterocycles. The van der Waals surface area contributed by atoms with E-state index >= 15 is 0 Å². The van der Waals surface area contributed by atoms with Crippen molar-refractivity contribution in [2.45, 2.75) is 6.18 Å². The first-order valence-electron chi connectivity index (χ1n) is 8.60. The minimum atomic E-state index is -4.37. The molecule has 2 N–H and O–H groups in total. The van der Waals surface area contributed by atoms with Crippen LogP contribution in [-0.2, 0) is 6.18 Å². The van der Waals surface area contributed by atoms with Crippen molar-refractivity contribution >= 4 is 21.9 Å². The number of aromatic nitrogens is 4. The van der Waals surface area contributed by atoms with Gasteiger partial charge in [0.15, 0.2) is 5.82 Å².